The molecular formula is C23H24N3O4+. The van der Waals surface area contributed by atoms with Gasteiger partial charge in [-0.2, -0.15) is 0 Å². The van der Waals surface area contributed by atoms with Crippen molar-refractivity contribution >= 4 is 29.1 Å². The van der Waals surface area contributed by atoms with Crippen LogP contribution < -0.4 is 15.5 Å². The zero-order valence-electron chi connectivity index (χ0n) is 17.0. The monoisotopic (exact) mass is 406 g/mol. The van der Waals surface area contributed by atoms with Gasteiger partial charge in [0.1, 0.15) is 24.0 Å². The zero-order chi connectivity index (χ0) is 21.4. The topological polar surface area (TPSA) is 103 Å². The summed E-state index contributed by atoms with van der Waals surface area (Å²) in [7, 11) is 0. The summed E-state index contributed by atoms with van der Waals surface area (Å²) >= 11 is 0. The summed E-state index contributed by atoms with van der Waals surface area (Å²) in [6.45, 7) is 5.43. The molecule has 0 radical (unpaired) electrons. The number of carbonyl (C=O) groups excluding carboxylic acids is 3. The fourth-order valence-corrected chi connectivity index (χ4v) is 5.62. The lowest BCUT2D eigenvalue weighted by atomic mass is 9.76. The van der Waals surface area contributed by atoms with E-state index in [0.717, 1.165) is 11.1 Å². The molecule has 2 aromatic rings. The van der Waals surface area contributed by atoms with E-state index >= 15 is 0 Å². The third-order valence-electron chi connectivity index (χ3n) is 6.73. The molecule has 2 fully saturated rings. The van der Waals surface area contributed by atoms with E-state index in [1.165, 1.54) is 4.90 Å². The maximum atomic E-state index is 13.7. The van der Waals surface area contributed by atoms with Gasteiger partial charge in [0, 0.05) is 5.56 Å². The summed E-state index contributed by atoms with van der Waals surface area (Å²) in [5, 5.41) is 15.1. The first-order valence-corrected chi connectivity index (χ1v) is 10.2. The molecule has 3 heterocycles. The highest BCUT2D eigenvalue weighted by Crippen LogP contribution is 2.50. The van der Waals surface area contributed by atoms with Gasteiger partial charge in [-0.25, -0.2) is 4.90 Å². The van der Waals surface area contributed by atoms with E-state index in [4.69, 9.17) is 0 Å². The second-order valence-electron chi connectivity index (χ2n) is 8.71. The molecule has 5 atom stereocenters. The molecule has 0 aromatic heterocycles. The standard InChI is InChI=1S/C23H23N3O4/c1-11-8-12(2)10-14(9-11)26-20(28)17-18(21(26)29)23(25-19(17)13(3)27)15-6-4-5-7-16(15)24-22(23)30/h4-10,13,17-19,25,27H,1-3H3,(H,24,30)/p+1/t13-,17+,18+,19+,23+/m1/s1. The highest BCUT2D eigenvalue weighted by molar-refractivity contribution is 6.25. The van der Waals surface area contributed by atoms with Crippen LogP contribution in [0.15, 0.2) is 42.5 Å². The minimum Gasteiger partial charge on any atom is -0.387 e. The van der Waals surface area contributed by atoms with Crippen LogP contribution in [0, 0.1) is 25.7 Å². The van der Waals surface area contributed by atoms with Crippen LogP contribution in [0.1, 0.15) is 23.6 Å². The predicted molar refractivity (Wildman–Crippen MR) is 110 cm³/mol. The van der Waals surface area contributed by atoms with Crippen molar-refractivity contribution in [1.29, 1.82) is 0 Å². The highest BCUT2D eigenvalue weighted by atomic mass is 16.3. The number of hydrogen-bond donors (Lipinski definition) is 3. The van der Waals surface area contributed by atoms with Gasteiger partial charge in [0.25, 0.3) is 5.91 Å². The number of aryl methyl sites for hydroxylation is 2. The Morgan fingerprint density at radius 1 is 1.07 bits per heavy atom. The van der Waals surface area contributed by atoms with Crippen molar-refractivity contribution in [1.82, 2.24) is 0 Å². The lowest BCUT2D eigenvalue weighted by molar-refractivity contribution is -0.738. The third kappa shape index (κ3) is 2.30. The Morgan fingerprint density at radius 3 is 2.40 bits per heavy atom. The van der Waals surface area contributed by atoms with E-state index in [1.54, 1.807) is 30.4 Å². The lowest BCUT2D eigenvalue weighted by Crippen LogP contribution is -3.00. The predicted octanol–water partition coefficient (Wildman–Crippen LogP) is 0.583. The highest BCUT2D eigenvalue weighted by Gasteiger charge is 2.75. The number of nitrogens with two attached hydrogens (primary N) is 1. The number of nitrogens with one attached hydrogen (secondary N) is 1. The zero-order valence-corrected chi connectivity index (χ0v) is 17.0. The van der Waals surface area contributed by atoms with Gasteiger partial charge >= 0.3 is 0 Å². The number of anilines is 2. The molecule has 4 N–H and O–H groups in total. The quantitative estimate of drug-likeness (QED) is 0.635. The number of aliphatic hydroxyl groups is 1. The van der Waals surface area contributed by atoms with E-state index < -0.39 is 29.5 Å². The summed E-state index contributed by atoms with van der Waals surface area (Å²) < 4.78 is 0. The van der Waals surface area contributed by atoms with Crippen molar-refractivity contribution in [3.63, 3.8) is 0 Å². The molecule has 3 amide bonds. The first-order chi connectivity index (χ1) is 14.3. The second-order valence-corrected chi connectivity index (χ2v) is 8.71. The van der Waals surface area contributed by atoms with Crippen molar-refractivity contribution in [2.24, 2.45) is 11.8 Å². The summed E-state index contributed by atoms with van der Waals surface area (Å²) in [5.74, 6) is -2.72. The minimum absolute atomic E-state index is 0.315. The number of carbonyl (C=O) groups is 3. The number of nitrogens with zero attached hydrogens (tertiary/aromatic N) is 1. The Labute approximate surface area is 174 Å². The van der Waals surface area contributed by atoms with Gasteiger partial charge in [0.15, 0.2) is 0 Å². The first kappa shape index (κ1) is 19.0. The van der Waals surface area contributed by atoms with Crippen molar-refractivity contribution in [2.75, 3.05) is 10.2 Å². The van der Waals surface area contributed by atoms with E-state index in [1.807, 2.05) is 38.1 Å². The first-order valence-electron chi connectivity index (χ1n) is 10.2. The molecule has 154 valence electrons. The van der Waals surface area contributed by atoms with Crippen LogP contribution in [-0.4, -0.2) is 35.0 Å². The third-order valence-corrected chi connectivity index (χ3v) is 6.73. The minimum atomic E-state index is -1.26. The molecule has 3 aliphatic rings. The van der Waals surface area contributed by atoms with Crippen LogP contribution in [0.25, 0.3) is 0 Å². The summed E-state index contributed by atoms with van der Waals surface area (Å²) in [6.07, 6.45) is -0.867. The molecular weight excluding hydrogens is 382 g/mol. The van der Waals surface area contributed by atoms with Crippen LogP contribution in [0.3, 0.4) is 0 Å². The molecule has 5 rings (SSSR count). The van der Waals surface area contributed by atoms with Crippen molar-refractivity contribution in [2.45, 2.75) is 38.5 Å². The summed E-state index contributed by atoms with van der Waals surface area (Å²) in [6, 6.07) is 12.2. The Morgan fingerprint density at radius 2 is 1.73 bits per heavy atom. The number of quaternary nitrogens is 1. The van der Waals surface area contributed by atoms with Crippen LogP contribution in [0.2, 0.25) is 0 Å². The maximum Gasteiger partial charge on any atom is 0.291 e. The average Bonchev–Trinajstić information content (AvgIpc) is 3.26. The van der Waals surface area contributed by atoms with Gasteiger partial charge in [-0.1, -0.05) is 24.3 Å². The van der Waals surface area contributed by atoms with Gasteiger partial charge in [-0.05, 0) is 50.1 Å². The number of aliphatic hydroxyl groups excluding tert-OH is 1. The molecule has 0 aliphatic carbocycles. The molecule has 0 bridgehead atoms. The maximum absolute atomic E-state index is 13.7. The number of imide groups is 1. The van der Waals surface area contributed by atoms with E-state index in [0.29, 0.717) is 16.9 Å². The van der Waals surface area contributed by atoms with Crippen LogP contribution in [0.4, 0.5) is 11.4 Å². The van der Waals surface area contributed by atoms with Crippen LogP contribution >= 0.6 is 0 Å². The molecule has 7 heteroatoms. The smallest absolute Gasteiger partial charge is 0.291 e. The number of amides is 3. The average molecular weight is 406 g/mol. The molecule has 1 spiro atoms. The van der Waals surface area contributed by atoms with E-state index in [9.17, 15) is 19.5 Å². The molecule has 0 unspecified atom stereocenters. The number of hydrogen-bond acceptors (Lipinski definition) is 4. The summed E-state index contributed by atoms with van der Waals surface area (Å²) in [5.41, 5.74) is 2.48. The SMILES string of the molecule is Cc1cc(C)cc(N2C(=O)[C@@H]3[C@H]([C@@H](C)O)[NH2+][C@]4(C(=O)Nc5ccccc54)[C@@H]3C2=O)c1. The Hall–Kier alpha value is -3.03. The van der Waals surface area contributed by atoms with Gasteiger partial charge in [-0.15, -0.1) is 0 Å². The van der Waals surface area contributed by atoms with Crippen molar-refractivity contribution in [3.8, 4) is 0 Å². The van der Waals surface area contributed by atoms with Gasteiger partial charge < -0.3 is 15.7 Å². The number of benzene rings is 2. The van der Waals surface area contributed by atoms with Gasteiger partial charge in [0.05, 0.1) is 11.4 Å². The van der Waals surface area contributed by atoms with Crippen LogP contribution in [-0.2, 0) is 19.9 Å². The lowest BCUT2D eigenvalue weighted by Gasteiger charge is -2.27. The van der Waals surface area contributed by atoms with Gasteiger partial charge in [0.2, 0.25) is 17.4 Å². The number of fused-ring (bicyclic) bond motifs is 4. The Kier molecular flexibility index (Phi) is 3.94. The molecule has 2 aromatic carbocycles. The largest absolute Gasteiger partial charge is 0.387 e. The second kappa shape index (κ2) is 6.23. The molecule has 0 saturated carbocycles. The van der Waals surface area contributed by atoms with Crippen molar-refractivity contribution < 1.29 is 24.8 Å². The fourth-order valence-electron chi connectivity index (χ4n) is 5.62. The number of rotatable bonds is 2. The Bertz CT molecular complexity index is 1090. The van der Waals surface area contributed by atoms with Gasteiger partial charge in [-0.3, -0.25) is 14.4 Å². The van der Waals surface area contributed by atoms with E-state index in [2.05, 4.69) is 5.32 Å². The van der Waals surface area contributed by atoms with E-state index in [-0.39, 0.29) is 17.7 Å². The fraction of sp³-hybridized carbons (Fsp3) is 0.348. The molecule has 2 saturated heterocycles. The summed E-state index contributed by atoms with van der Waals surface area (Å²) in [4.78, 5) is 41.7. The Balaban J connectivity index is 1.70. The molecule has 7 nitrogen and oxygen atoms in total. The molecule has 30 heavy (non-hydrogen) atoms. The normalized spacial score (nSPS) is 30.6. The number of para-hydroxylation sites is 1. The molecule has 3 aliphatic heterocycles. The van der Waals surface area contributed by atoms with Crippen molar-refractivity contribution in [3.05, 3.63) is 59.2 Å². The van der Waals surface area contributed by atoms with Crippen LogP contribution in [0.5, 0.6) is 0 Å².